The van der Waals surface area contributed by atoms with Crippen LogP contribution < -0.4 is 10.2 Å². The van der Waals surface area contributed by atoms with E-state index in [-0.39, 0.29) is 5.82 Å². The topological polar surface area (TPSA) is 41.1 Å². The fourth-order valence-electron chi connectivity index (χ4n) is 3.29. The maximum absolute atomic E-state index is 13.9. The predicted molar refractivity (Wildman–Crippen MR) is 104 cm³/mol. The zero-order valence-electron chi connectivity index (χ0n) is 14.4. The highest BCUT2D eigenvalue weighted by Crippen LogP contribution is 2.27. The number of hydrogen-bond acceptors (Lipinski definition) is 5. The molecule has 0 spiro atoms. The summed E-state index contributed by atoms with van der Waals surface area (Å²) in [6.07, 6.45) is 7.77. The van der Waals surface area contributed by atoms with E-state index < -0.39 is 0 Å². The number of aromatic nitrogens is 2. The Kier molecular flexibility index (Phi) is 5.22. The van der Waals surface area contributed by atoms with Crippen molar-refractivity contribution < 1.29 is 4.39 Å². The van der Waals surface area contributed by atoms with Crippen molar-refractivity contribution in [2.75, 3.05) is 18.0 Å². The molecule has 0 atom stereocenters. The molecule has 3 aromatic rings. The Hall–Kier alpha value is -2.31. The van der Waals surface area contributed by atoms with Crippen molar-refractivity contribution in [1.82, 2.24) is 15.3 Å². The molecule has 0 bridgehead atoms. The first kappa shape index (κ1) is 17.1. The van der Waals surface area contributed by atoms with Crippen molar-refractivity contribution in [3.63, 3.8) is 0 Å². The number of nitrogens with one attached hydrogen (secondary N) is 1. The fourth-order valence-corrected chi connectivity index (χ4v) is 4.18. The number of halogens is 1. The van der Waals surface area contributed by atoms with E-state index in [4.69, 9.17) is 0 Å². The second-order valence-electron chi connectivity index (χ2n) is 6.46. The molecule has 0 unspecified atom stereocenters. The third-order valence-corrected chi connectivity index (χ3v) is 5.78. The van der Waals surface area contributed by atoms with Crippen molar-refractivity contribution >= 4 is 17.0 Å². The highest BCUT2D eigenvalue weighted by Gasteiger charge is 2.19. The van der Waals surface area contributed by atoms with Crippen LogP contribution in [0, 0.1) is 5.82 Å². The van der Waals surface area contributed by atoms with E-state index in [9.17, 15) is 4.39 Å². The Labute approximate surface area is 156 Å². The number of hydrogen-bond donors (Lipinski definition) is 1. The first-order valence-electron chi connectivity index (χ1n) is 8.87. The van der Waals surface area contributed by atoms with Crippen LogP contribution in [0.4, 0.5) is 10.1 Å². The summed E-state index contributed by atoms with van der Waals surface area (Å²) >= 11 is 1.56. The van der Waals surface area contributed by atoms with Crippen molar-refractivity contribution in [3.8, 4) is 10.6 Å². The monoisotopic (exact) mass is 368 g/mol. The third kappa shape index (κ3) is 3.92. The van der Waals surface area contributed by atoms with Gasteiger partial charge in [0.05, 0.1) is 0 Å². The molecule has 3 heterocycles. The van der Waals surface area contributed by atoms with Gasteiger partial charge in [0.1, 0.15) is 10.8 Å². The van der Waals surface area contributed by atoms with E-state index in [1.807, 2.05) is 24.7 Å². The largest absolute Gasteiger partial charge is 0.371 e. The molecular formula is C20H21FN4S. The molecule has 4 nitrogen and oxygen atoms in total. The van der Waals surface area contributed by atoms with Crippen molar-refractivity contribution in [3.05, 3.63) is 65.7 Å². The highest BCUT2D eigenvalue weighted by molar-refractivity contribution is 7.15. The maximum atomic E-state index is 13.9. The quantitative estimate of drug-likeness (QED) is 0.736. The Morgan fingerprint density at radius 2 is 1.88 bits per heavy atom. The molecule has 26 heavy (non-hydrogen) atoms. The molecule has 1 N–H and O–H groups in total. The second kappa shape index (κ2) is 7.93. The van der Waals surface area contributed by atoms with Gasteiger partial charge in [0.2, 0.25) is 0 Å². The smallest absolute Gasteiger partial charge is 0.133 e. The van der Waals surface area contributed by atoms with E-state index in [2.05, 4.69) is 32.3 Å². The maximum Gasteiger partial charge on any atom is 0.133 e. The minimum absolute atomic E-state index is 0.218. The molecule has 6 heteroatoms. The Morgan fingerprint density at radius 1 is 1.12 bits per heavy atom. The van der Waals surface area contributed by atoms with Crippen LogP contribution in [0.3, 0.4) is 0 Å². The normalized spacial score (nSPS) is 15.3. The SMILES string of the molecule is Fc1ccccc1-c1ncc(CNC2CCN(c3ccncc3)CC2)s1. The van der Waals surface area contributed by atoms with Crippen LogP contribution in [0.2, 0.25) is 0 Å². The average Bonchev–Trinajstić information content (AvgIpc) is 3.17. The Bertz CT molecular complexity index is 844. The van der Waals surface area contributed by atoms with Gasteiger partial charge >= 0.3 is 0 Å². The van der Waals surface area contributed by atoms with Gasteiger partial charge in [-0.25, -0.2) is 9.37 Å². The Morgan fingerprint density at radius 3 is 2.65 bits per heavy atom. The van der Waals surface area contributed by atoms with Gasteiger partial charge in [0.15, 0.2) is 0 Å². The summed E-state index contributed by atoms with van der Waals surface area (Å²) in [6, 6.07) is 11.4. The van der Waals surface area contributed by atoms with Crippen LogP contribution >= 0.6 is 11.3 Å². The summed E-state index contributed by atoms with van der Waals surface area (Å²) in [6.45, 7) is 2.88. The molecule has 1 fully saturated rings. The number of anilines is 1. The molecule has 1 aromatic carbocycles. The highest BCUT2D eigenvalue weighted by atomic mass is 32.1. The summed E-state index contributed by atoms with van der Waals surface area (Å²) < 4.78 is 13.9. The van der Waals surface area contributed by atoms with Crippen LogP contribution in [-0.4, -0.2) is 29.1 Å². The molecule has 1 aliphatic rings. The first-order chi connectivity index (χ1) is 12.8. The standard InChI is InChI=1S/C20H21FN4S/c21-19-4-2-1-3-18(19)20-24-14-17(26-20)13-23-15-7-11-25(12-8-15)16-5-9-22-10-6-16/h1-6,9-10,14-15,23H,7-8,11-13H2. The van der Waals surface area contributed by atoms with Gasteiger partial charge in [0.25, 0.3) is 0 Å². The van der Waals surface area contributed by atoms with Crippen LogP contribution in [0.25, 0.3) is 10.6 Å². The molecular weight excluding hydrogens is 347 g/mol. The van der Waals surface area contributed by atoms with Gasteiger partial charge in [-0.05, 0) is 37.1 Å². The molecule has 0 saturated carbocycles. The molecule has 4 rings (SSSR count). The molecule has 0 amide bonds. The van der Waals surface area contributed by atoms with E-state index >= 15 is 0 Å². The minimum Gasteiger partial charge on any atom is -0.371 e. The summed E-state index contributed by atoms with van der Waals surface area (Å²) in [5.41, 5.74) is 1.82. The minimum atomic E-state index is -0.218. The number of benzene rings is 1. The van der Waals surface area contributed by atoms with Gasteiger partial charge in [-0.15, -0.1) is 11.3 Å². The number of nitrogens with zero attached hydrogens (tertiary/aromatic N) is 3. The molecule has 0 aliphatic carbocycles. The lowest BCUT2D eigenvalue weighted by molar-refractivity contribution is 0.415. The van der Waals surface area contributed by atoms with Crippen LogP contribution in [0.15, 0.2) is 55.0 Å². The van der Waals surface area contributed by atoms with Gasteiger partial charge in [-0.1, -0.05) is 12.1 Å². The lowest BCUT2D eigenvalue weighted by Gasteiger charge is -2.33. The number of thiazole rings is 1. The first-order valence-corrected chi connectivity index (χ1v) is 9.69. The van der Waals surface area contributed by atoms with Crippen molar-refractivity contribution in [2.24, 2.45) is 0 Å². The average molecular weight is 368 g/mol. The van der Waals surface area contributed by atoms with Gasteiger partial charge < -0.3 is 10.2 Å². The van der Waals surface area contributed by atoms with E-state index in [1.165, 1.54) is 11.8 Å². The zero-order chi connectivity index (χ0) is 17.8. The molecule has 134 valence electrons. The third-order valence-electron chi connectivity index (χ3n) is 4.75. The summed E-state index contributed by atoms with van der Waals surface area (Å²) in [4.78, 5) is 12.0. The van der Waals surface area contributed by atoms with Crippen molar-refractivity contribution in [1.29, 1.82) is 0 Å². The van der Waals surface area contributed by atoms with E-state index in [1.54, 1.807) is 23.5 Å². The number of piperidine rings is 1. The van der Waals surface area contributed by atoms with Gasteiger partial charge in [-0.2, -0.15) is 0 Å². The predicted octanol–water partition coefficient (Wildman–Crippen LogP) is 4.10. The van der Waals surface area contributed by atoms with Crippen LogP contribution in [-0.2, 0) is 6.54 Å². The summed E-state index contributed by atoms with van der Waals surface area (Å²) in [7, 11) is 0. The van der Waals surface area contributed by atoms with Gasteiger partial charge in [-0.3, -0.25) is 4.98 Å². The van der Waals surface area contributed by atoms with Crippen LogP contribution in [0.5, 0.6) is 0 Å². The van der Waals surface area contributed by atoms with E-state index in [0.29, 0.717) is 11.6 Å². The van der Waals surface area contributed by atoms with Gasteiger partial charge in [0, 0.05) is 60.4 Å². The molecule has 1 aliphatic heterocycles. The number of pyridine rings is 1. The van der Waals surface area contributed by atoms with Crippen LogP contribution in [0.1, 0.15) is 17.7 Å². The van der Waals surface area contributed by atoms with E-state index in [0.717, 1.165) is 42.4 Å². The Balaban J connectivity index is 1.30. The summed E-state index contributed by atoms with van der Waals surface area (Å²) in [5.74, 6) is -0.218. The lowest BCUT2D eigenvalue weighted by Crippen LogP contribution is -2.42. The lowest BCUT2D eigenvalue weighted by atomic mass is 10.0. The zero-order valence-corrected chi connectivity index (χ0v) is 15.3. The van der Waals surface area contributed by atoms with Crippen molar-refractivity contribution in [2.45, 2.75) is 25.4 Å². The summed E-state index contributed by atoms with van der Waals surface area (Å²) in [5, 5.41) is 4.37. The molecule has 0 radical (unpaired) electrons. The number of rotatable bonds is 5. The second-order valence-corrected chi connectivity index (χ2v) is 7.57. The fraction of sp³-hybridized carbons (Fsp3) is 0.300. The molecule has 1 saturated heterocycles. The molecule has 2 aromatic heterocycles.